The molecule has 3 N–H and O–H groups in total. The maximum atomic E-state index is 9.20. The van der Waals surface area contributed by atoms with Gasteiger partial charge in [0.1, 0.15) is 6.04 Å². The highest BCUT2D eigenvalue weighted by atomic mass is 32.2. The molecular weight excluding hydrogens is 202 g/mol. The Hall–Kier alpha value is -0.590. The van der Waals surface area contributed by atoms with E-state index in [4.69, 9.17) is 10.3 Å². The van der Waals surface area contributed by atoms with Crippen LogP contribution in [0.1, 0.15) is 31.6 Å². The molecule has 0 aliphatic heterocycles. The predicted octanol–water partition coefficient (Wildman–Crippen LogP) is 0.703. The van der Waals surface area contributed by atoms with Crippen LogP contribution in [0.5, 0.6) is 0 Å². The lowest BCUT2D eigenvalue weighted by molar-refractivity contribution is 0.146. The maximum absolute atomic E-state index is 9.20. The summed E-state index contributed by atoms with van der Waals surface area (Å²) in [4.78, 5) is 4.09. The van der Waals surface area contributed by atoms with Crippen molar-refractivity contribution in [2.24, 2.45) is 5.73 Å². The summed E-state index contributed by atoms with van der Waals surface area (Å²) in [6.07, 6.45) is -0.679. The summed E-state index contributed by atoms with van der Waals surface area (Å²) >= 11 is 1.71. The van der Waals surface area contributed by atoms with Gasteiger partial charge in [-0.15, -0.1) is 0 Å². The van der Waals surface area contributed by atoms with Gasteiger partial charge in [-0.1, -0.05) is 12.1 Å². The van der Waals surface area contributed by atoms with E-state index >= 15 is 0 Å². The Morgan fingerprint density at radius 1 is 1.64 bits per heavy atom. The van der Waals surface area contributed by atoms with Crippen LogP contribution in [0, 0.1) is 0 Å². The molecule has 1 aromatic rings. The van der Waals surface area contributed by atoms with Crippen LogP contribution >= 0.6 is 11.8 Å². The smallest absolute Gasteiger partial charge is 0.246 e. The molecule has 0 amide bonds. The average molecular weight is 217 g/mol. The SMILES string of the molecule is CCSCc1noc(C(N)C(C)O)n1. The zero-order valence-corrected chi connectivity index (χ0v) is 9.12. The number of thioether (sulfide) groups is 1. The maximum Gasteiger partial charge on any atom is 0.246 e. The fourth-order valence-corrected chi connectivity index (χ4v) is 1.37. The first-order chi connectivity index (χ1) is 6.65. The number of rotatable bonds is 5. The molecule has 0 bridgehead atoms. The topological polar surface area (TPSA) is 85.2 Å². The van der Waals surface area contributed by atoms with Gasteiger partial charge in [-0.2, -0.15) is 16.7 Å². The summed E-state index contributed by atoms with van der Waals surface area (Å²) in [5.74, 6) is 2.65. The summed E-state index contributed by atoms with van der Waals surface area (Å²) in [7, 11) is 0. The molecule has 0 aromatic carbocycles. The quantitative estimate of drug-likeness (QED) is 0.755. The number of nitrogens with zero attached hydrogens (tertiary/aromatic N) is 2. The van der Waals surface area contributed by atoms with Crippen LogP contribution in [0.15, 0.2) is 4.52 Å². The first kappa shape index (κ1) is 11.5. The van der Waals surface area contributed by atoms with Crippen molar-refractivity contribution in [3.63, 3.8) is 0 Å². The molecule has 1 aromatic heterocycles. The molecule has 0 aliphatic carbocycles. The summed E-state index contributed by atoms with van der Waals surface area (Å²) in [6.45, 7) is 3.66. The van der Waals surface area contributed by atoms with Crippen molar-refractivity contribution >= 4 is 11.8 Å². The molecule has 2 unspecified atom stereocenters. The number of hydrogen-bond donors (Lipinski definition) is 2. The Labute approximate surface area is 87.1 Å². The zero-order chi connectivity index (χ0) is 10.6. The minimum absolute atomic E-state index is 0.298. The van der Waals surface area contributed by atoms with Gasteiger partial charge >= 0.3 is 0 Å². The Kier molecular flexibility index (Phi) is 4.37. The van der Waals surface area contributed by atoms with Crippen LogP contribution in [0.4, 0.5) is 0 Å². The van der Waals surface area contributed by atoms with Crippen molar-refractivity contribution in [3.05, 3.63) is 11.7 Å². The Morgan fingerprint density at radius 2 is 2.36 bits per heavy atom. The van der Waals surface area contributed by atoms with Crippen molar-refractivity contribution in [2.75, 3.05) is 5.75 Å². The lowest BCUT2D eigenvalue weighted by Crippen LogP contribution is -2.23. The number of nitrogens with two attached hydrogens (primary N) is 1. The van der Waals surface area contributed by atoms with Crippen LogP contribution in [-0.2, 0) is 5.75 Å². The first-order valence-electron chi connectivity index (χ1n) is 4.49. The van der Waals surface area contributed by atoms with E-state index in [-0.39, 0.29) is 0 Å². The second-order valence-electron chi connectivity index (χ2n) is 2.95. The first-order valence-corrected chi connectivity index (χ1v) is 5.64. The minimum atomic E-state index is -0.679. The van der Waals surface area contributed by atoms with Gasteiger partial charge in [-0.25, -0.2) is 0 Å². The lowest BCUT2D eigenvalue weighted by atomic mass is 10.2. The molecule has 6 heteroatoms. The van der Waals surface area contributed by atoms with Crippen molar-refractivity contribution in [3.8, 4) is 0 Å². The van der Waals surface area contributed by atoms with E-state index in [1.165, 1.54) is 0 Å². The van der Waals surface area contributed by atoms with Gasteiger partial charge in [0.05, 0.1) is 11.9 Å². The van der Waals surface area contributed by atoms with E-state index in [0.717, 1.165) is 5.75 Å². The van der Waals surface area contributed by atoms with E-state index in [9.17, 15) is 5.11 Å². The molecule has 1 heterocycles. The molecule has 80 valence electrons. The summed E-state index contributed by atoms with van der Waals surface area (Å²) in [6, 6.07) is -0.595. The third-order valence-corrected chi connectivity index (χ3v) is 2.59. The van der Waals surface area contributed by atoms with Crippen molar-refractivity contribution in [2.45, 2.75) is 31.7 Å². The van der Waals surface area contributed by atoms with Crippen LogP contribution in [0.3, 0.4) is 0 Å². The van der Waals surface area contributed by atoms with Gasteiger partial charge in [0.15, 0.2) is 5.82 Å². The lowest BCUT2D eigenvalue weighted by Gasteiger charge is -2.08. The van der Waals surface area contributed by atoms with E-state index in [1.807, 2.05) is 0 Å². The highest BCUT2D eigenvalue weighted by molar-refractivity contribution is 7.98. The van der Waals surface area contributed by atoms with Gasteiger partial charge in [-0.3, -0.25) is 0 Å². The molecule has 0 fully saturated rings. The second-order valence-corrected chi connectivity index (χ2v) is 4.23. The number of aliphatic hydroxyl groups excluding tert-OH is 1. The van der Waals surface area contributed by atoms with Gasteiger partial charge in [0.25, 0.3) is 0 Å². The van der Waals surface area contributed by atoms with Gasteiger partial charge in [0.2, 0.25) is 5.89 Å². The fourth-order valence-electron chi connectivity index (χ4n) is 0.861. The largest absolute Gasteiger partial charge is 0.391 e. The monoisotopic (exact) mass is 217 g/mol. The Balaban J connectivity index is 2.58. The molecule has 14 heavy (non-hydrogen) atoms. The summed E-state index contributed by atoms with van der Waals surface area (Å²) < 4.78 is 4.93. The molecule has 0 radical (unpaired) electrons. The molecule has 2 atom stereocenters. The molecule has 5 nitrogen and oxygen atoms in total. The molecule has 0 saturated heterocycles. The van der Waals surface area contributed by atoms with E-state index in [2.05, 4.69) is 17.1 Å². The average Bonchev–Trinajstić information content (AvgIpc) is 2.61. The number of aromatic nitrogens is 2. The zero-order valence-electron chi connectivity index (χ0n) is 8.30. The highest BCUT2D eigenvalue weighted by Crippen LogP contribution is 2.14. The van der Waals surface area contributed by atoms with Gasteiger partial charge in [-0.05, 0) is 12.7 Å². The van der Waals surface area contributed by atoms with Gasteiger partial charge in [0, 0.05) is 0 Å². The van der Waals surface area contributed by atoms with E-state index in [1.54, 1.807) is 18.7 Å². The van der Waals surface area contributed by atoms with Crippen LogP contribution in [-0.4, -0.2) is 27.1 Å². The molecular formula is C8H15N3O2S. The molecule has 0 saturated carbocycles. The van der Waals surface area contributed by atoms with Crippen LogP contribution < -0.4 is 5.73 Å². The van der Waals surface area contributed by atoms with Gasteiger partial charge < -0.3 is 15.4 Å². The minimum Gasteiger partial charge on any atom is -0.391 e. The van der Waals surface area contributed by atoms with Crippen molar-refractivity contribution < 1.29 is 9.63 Å². The molecule has 0 spiro atoms. The molecule has 0 aliphatic rings. The van der Waals surface area contributed by atoms with Crippen LogP contribution in [0.25, 0.3) is 0 Å². The second kappa shape index (κ2) is 5.33. The molecule has 1 rings (SSSR count). The van der Waals surface area contributed by atoms with E-state index in [0.29, 0.717) is 17.5 Å². The number of aliphatic hydroxyl groups is 1. The van der Waals surface area contributed by atoms with E-state index < -0.39 is 12.1 Å². The summed E-state index contributed by atoms with van der Waals surface area (Å²) in [5, 5.41) is 13.0. The number of hydrogen-bond acceptors (Lipinski definition) is 6. The van der Waals surface area contributed by atoms with Crippen molar-refractivity contribution in [1.29, 1.82) is 0 Å². The third-order valence-electron chi connectivity index (χ3n) is 1.72. The normalized spacial score (nSPS) is 15.4. The summed E-state index contributed by atoms with van der Waals surface area (Å²) in [5.41, 5.74) is 5.63. The Morgan fingerprint density at radius 3 is 2.93 bits per heavy atom. The van der Waals surface area contributed by atoms with Crippen molar-refractivity contribution in [1.82, 2.24) is 10.1 Å². The standard InChI is InChI=1S/C8H15N3O2S/c1-3-14-4-6-10-8(13-11-6)7(9)5(2)12/h5,7,12H,3-4,9H2,1-2H3. The third kappa shape index (κ3) is 2.97. The predicted molar refractivity (Wildman–Crippen MR) is 54.7 cm³/mol. The highest BCUT2D eigenvalue weighted by Gasteiger charge is 2.19. The Bertz CT molecular complexity index is 277. The van der Waals surface area contributed by atoms with Crippen LogP contribution in [0.2, 0.25) is 0 Å². The fraction of sp³-hybridized carbons (Fsp3) is 0.750.